The second-order valence-electron chi connectivity index (χ2n) is 5.04. The Balaban J connectivity index is 2.29. The zero-order valence-corrected chi connectivity index (χ0v) is 12.9. The Kier molecular flexibility index (Phi) is 4.70. The van der Waals surface area contributed by atoms with E-state index in [-0.39, 0.29) is 29.0 Å². The lowest BCUT2D eigenvalue weighted by molar-refractivity contribution is 0.0563. The highest BCUT2D eigenvalue weighted by molar-refractivity contribution is 7.89. The number of nitrogens with two attached hydrogens (primary N) is 1. The number of nitrogens with one attached hydrogen (secondary N) is 1. The van der Waals surface area contributed by atoms with Crippen molar-refractivity contribution < 1.29 is 22.4 Å². The Labute approximate surface area is 123 Å². The normalized spacial score (nSPS) is 16.7. The van der Waals surface area contributed by atoms with Gasteiger partial charge in [0.25, 0.3) is 0 Å². The van der Waals surface area contributed by atoms with Gasteiger partial charge in [-0.2, -0.15) is 0 Å². The number of ether oxygens (including phenoxy) is 1. The highest BCUT2D eigenvalue weighted by Crippen LogP contribution is 2.33. The molecule has 1 saturated carbocycles. The summed E-state index contributed by atoms with van der Waals surface area (Å²) in [5.74, 6) is -0.300. The van der Waals surface area contributed by atoms with Crippen LogP contribution in [0, 0.1) is 5.92 Å². The number of esters is 1. The first-order valence-corrected chi connectivity index (χ1v) is 8.34. The van der Waals surface area contributed by atoms with Crippen LogP contribution < -0.4 is 10.5 Å². The van der Waals surface area contributed by atoms with Gasteiger partial charge in [0.1, 0.15) is 10.7 Å². The number of sulfonamides is 1. The van der Waals surface area contributed by atoms with Gasteiger partial charge in [0, 0.05) is 25.1 Å². The van der Waals surface area contributed by atoms with Gasteiger partial charge in [-0.05, 0) is 18.8 Å². The van der Waals surface area contributed by atoms with E-state index in [1.807, 2.05) is 0 Å². The summed E-state index contributed by atoms with van der Waals surface area (Å²) >= 11 is 0. The van der Waals surface area contributed by atoms with E-state index in [9.17, 15) is 13.2 Å². The molecule has 21 heavy (non-hydrogen) atoms. The maximum absolute atomic E-state index is 12.5. The van der Waals surface area contributed by atoms with Gasteiger partial charge in [-0.15, -0.1) is 0 Å². The molecule has 1 aliphatic carbocycles. The monoisotopic (exact) mass is 316 g/mol. The Morgan fingerprint density at radius 2 is 2.24 bits per heavy atom. The number of aryl methyl sites for hydroxylation is 1. The topological polar surface area (TPSA) is 112 Å². The van der Waals surface area contributed by atoms with Gasteiger partial charge >= 0.3 is 5.97 Å². The van der Waals surface area contributed by atoms with Crippen LogP contribution in [-0.4, -0.2) is 34.1 Å². The van der Waals surface area contributed by atoms with E-state index in [2.05, 4.69) is 9.46 Å². The van der Waals surface area contributed by atoms with Crippen LogP contribution in [0.4, 0.5) is 0 Å². The van der Waals surface area contributed by atoms with Crippen molar-refractivity contribution in [3.63, 3.8) is 0 Å². The summed E-state index contributed by atoms with van der Waals surface area (Å²) in [5.41, 5.74) is 5.62. The summed E-state index contributed by atoms with van der Waals surface area (Å²) in [6.07, 6.45) is 2.30. The summed E-state index contributed by atoms with van der Waals surface area (Å²) in [6, 6.07) is 0.921. The van der Waals surface area contributed by atoms with Gasteiger partial charge in [0.15, 0.2) is 0 Å². The van der Waals surface area contributed by atoms with E-state index < -0.39 is 16.0 Å². The van der Waals surface area contributed by atoms with Gasteiger partial charge in [-0.1, -0.05) is 6.92 Å². The van der Waals surface area contributed by atoms with Crippen molar-refractivity contribution in [2.75, 3.05) is 13.7 Å². The van der Waals surface area contributed by atoms with Crippen molar-refractivity contribution in [3.8, 4) is 0 Å². The standard InChI is InChI=1S/C13H20N2O5S/c1-3-10-12(6-11(20-10)13(16)19-2)21(17,18)15-9(7-14)8-4-5-8/h6,8-9,15H,3-5,7,14H2,1-2H3. The predicted octanol–water partition coefficient (Wildman–Crippen LogP) is 0.644. The van der Waals surface area contributed by atoms with Crippen molar-refractivity contribution >= 4 is 16.0 Å². The lowest BCUT2D eigenvalue weighted by atomic mass is 10.2. The van der Waals surface area contributed by atoms with Gasteiger partial charge < -0.3 is 14.9 Å². The van der Waals surface area contributed by atoms with Crippen molar-refractivity contribution in [1.82, 2.24) is 4.72 Å². The van der Waals surface area contributed by atoms with Gasteiger partial charge in [-0.3, -0.25) is 0 Å². The first kappa shape index (κ1) is 16.0. The molecule has 1 aromatic heterocycles. The number of rotatable bonds is 7. The van der Waals surface area contributed by atoms with Crippen molar-refractivity contribution in [1.29, 1.82) is 0 Å². The molecule has 2 rings (SSSR count). The molecule has 0 saturated heterocycles. The molecule has 0 aromatic carbocycles. The van der Waals surface area contributed by atoms with Crippen LogP contribution in [0.2, 0.25) is 0 Å². The van der Waals surface area contributed by atoms with Crippen LogP contribution in [0.25, 0.3) is 0 Å². The predicted molar refractivity (Wildman–Crippen MR) is 75.3 cm³/mol. The maximum Gasteiger partial charge on any atom is 0.373 e. The molecule has 1 atom stereocenters. The molecule has 1 fully saturated rings. The minimum Gasteiger partial charge on any atom is -0.463 e. The molecule has 1 aromatic rings. The summed E-state index contributed by atoms with van der Waals surface area (Å²) in [7, 11) is -2.56. The van der Waals surface area contributed by atoms with E-state index in [1.54, 1.807) is 6.92 Å². The second-order valence-corrected chi connectivity index (χ2v) is 6.73. The van der Waals surface area contributed by atoms with Crippen LogP contribution in [-0.2, 0) is 21.2 Å². The molecule has 1 heterocycles. The van der Waals surface area contributed by atoms with Crippen molar-refractivity contribution in [2.45, 2.75) is 37.1 Å². The second kappa shape index (κ2) is 6.17. The van der Waals surface area contributed by atoms with Gasteiger partial charge in [0.05, 0.1) is 7.11 Å². The Bertz CT molecular complexity index is 619. The van der Waals surface area contributed by atoms with E-state index in [0.717, 1.165) is 12.8 Å². The molecule has 0 radical (unpaired) electrons. The van der Waals surface area contributed by atoms with Crippen molar-refractivity contribution in [3.05, 3.63) is 17.6 Å². The zero-order chi connectivity index (χ0) is 15.6. The minimum absolute atomic E-state index is 0.0236. The number of carbonyl (C=O) groups excluding carboxylic acids is 1. The first-order chi connectivity index (χ1) is 9.92. The molecule has 0 bridgehead atoms. The number of hydrogen-bond acceptors (Lipinski definition) is 6. The lowest BCUT2D eigenvalue weighted by Gasteiger charge is -2.15. The summed E-state index contributed by atoms with van der Waals surface area (Å²) in [4.78, 5) is 11.4. The molecular formula is C13H20N2O5S. The summed E-state index contributed by atoms with van der Waals surface area (Å²) < 4.78 is 37.3. The van der Waals surface area contributed by atoms with Crippen LogP contribution >= 0.6 is 0 Å². The molecule has 0 aliphatic heterocycles. The Morgan fingerprint density at radius 1 is 1.57 bits per heavy atom. The molecule has 8 heteroatoms. The van der Waals surface area contributed by atoms with Crippen molar-refractivity contribution in [2.24, 2.45) is 11.7 Å². The van der Waals surface area contributed by atoms with E-state index in [1.165, 1.54) is 13.2 Å². The Hall–Kier alpha value is -1.38. The molecule has 1 unspecified atom stereocenters. The van der Waals surface area contributed by atoms with E-state index in [4.69, 9.17) is 10.2 Å². The molecule has 0 amide bonds. The molecular weight excluding hydrogens is 296 g/mol. The molecule has 3 N–H and O–H groups in total. The fraction of sp³-hybridized carbons (Fsp3) is 0.615. The largest absolute Gasteiger partial charge is 0.463 e. The number of carbonyl (C=O) groups is 1. The molecule has 0 spiro atoms. The maximum atomic E-state index is 12.5. The number of furan rings is 1. The highest BCUT2D eigenvalue weighted by Gasteiger charge is 2.35. The van der Waals surface area contributed by atoms with E-state index >= 15 is 0 Å². The average molecular weight is 316 g/mol. The van der Waals surface area contributed by atoms with Gasteiger partial charge in [-0.25, -0.2) is 17.9 Å². The average Bonchev–Trinajstić information content (AvgIpc) is 3.21. The third-order valence-corrected chi connectivity index (χ3v) is 5.06. The van der Waals surface area contributed by atoms with Crippen LogP contribution in [0.15, 0.2) is 15.4 Å². The van der Waals surface area contributed by atoms with Crippen LogP contribution in [0.1, 0.15) is 36.1 Å². The minimum atomic E-state index is -3.77. The van der Waals surface area contributed by atoms with Gasteiger partial charge in [0.2, 0.25) is 15.8 Å². The highest BCUT2D eigenvalue weighted by atomic mass is 32.2. The fourth-order valence-corrected chi connectivity index (χ4v) is 3.75. The lowest BCUT2D eigenvalue weighted by Crippen LogP contribution is -2.41. The Morgan fingerprint density at radius 3 is 2.71 bits per heavy atom. The summed E-state index contributed by atoms with van der Waals surface area (Å²) in [5, 5.41) is 0. The molecule has 7 nitrogen and oxygen atoms in total. The van der Waals surface area contributed by atoms with Crippen LogP contribution in [0.5, 0.6) is 0 Å². The quantitative estimate of drug-likeness (QED) is 0.714. The third kappa shape index (κ3) is 3.45. The van der Waals surface area contributed by atoms with Crippen LogP contribution in [0.3, 0.4) is 0 Å². The summed E-state index contributed by atoms with van der Waals surface area (Å²) in [6.45, 7) is 1.99. The molecule has 118 valence electrons. The fourth-order valence-electron chi connectivity index (χ4n) is 2.19. The van der Waals surface area contributed by atoms with E-state index in [0.29, 0.717) is 12.3 Å². The SMILES string of the molecule is CCc1oc(C(=O)OC)cc1S(=O)(=O)NC(CN)C1CC1. The zero-order valence-electron chi connectivity index (χ0n) is 12.1. The first-order valence-electron chi connectivity index (χ1n) is 6.86. The number of methoxy groups -OCH3 is 1. The third-order valence-electron chi connectivity index (χ3n) is 3.52. The number of hydrogen-bond donors (Lipinski definition) is 2. The smallest absolute Gasteiger partial charge is 0.373 e. The molecule has 1 aliphatic rings.